The number of hydrogen-bond donors (Lipinski definition) is 0. The van der Waals surface area contributed by atoms with E-state index in [2.05, 4.69) is 16.6 Å². The van der Waals surface area contributed by atoms with Crippen LogP contribution in [0.1, 0.15) is 23.7 Å². The fraction of sp³-hybridized carbons (Fsp3) is 0.292. The van der Waals surface area contributed by atoms with E-state index in [1.807, 2.05) is 34.9 Å². The van der Waals surface area contributed by atoms with Crippen molar-refractivity contribution in [3.05, 3.63) is 93.9 Å². The molecular weight excluding hydrogens is 421 g/mol. The van der Waals surface area contributed by atoms with Gasteiger partial charge in [0.2, 0.25) is 5.43 Å². The second-order valence-corrected chi connectivity index (χ2v) is 7.87. The summed E-state index contributed by atoms with van der Waals surface area (Å²) in [4.78, 5) is 14.7. The number of fused-ring (bicyclic) bond motifs is 1. The van der Waals surface area contributed by atoms with Crippen LogP contribution in [-0.2, 0) is 26.2 Å². The molecule has 1 atom stereocenters. The largest absolute Gasteiger partial charge is 0.573 e. The Kier molecular flexibility index (Phi) is 6.23. The number of alkyl halides is 3. The lowest BCUT2D eigenvalue weighted by molar-refractivity contribution is -0.274. The minimum atomic E-state index is -4.70. The molecule has 8 heteroatoms. The first kappa shape index (κ1) is 22.0. The molecule has 1 aliphatic rings. The number of pyridine rings is 1. The molecule has 4 rings (SSSR count). The Morgan fingerprint density at radius 2 is 1.75 bits per heavy atom. The van der Waals surface area contributed by atoms with Crippen molar-refractivity contribution in [2.75, 3.05) is 0 Å². The van der Waals surface area contributed by atoms with Crippen molar-refractivity contribution in [2.45, 2.75) is 45.6 Å². The molecule has 1 aromatic heterocycles. The summed E-state index contributed by atoms with van der Waals surface area (Å²) in [7, 11) is 0. The lowest BCUT2D eigenvalue weighted by atomic mass is 10.1. The molecule has 0 N–H and O–H groups in total. The first-order valence-electron chi connectivity index (χ1n) is 10.3. The van der Waals surface area contributed by atoms with Crippen LogP contribution in [-0.4, -0.2) is 21.9 Å². The number of rotatable bonds is 6. The van der Waals surface area contributed by atoms with Gasteiger partial charge in [0.25, 0.3) is 0 Å². The number of nitrogens with zero attached hydrogens (tertiary/aromatic N) is 2. The zero-order valence-corrected chi connectivity index (χ0v) is 17.5. The Morgan fingerprint density at radius 1 is 1.03 bits per heavy atom. The summed E-state index contributed by atoms with van der Waals surface area (Å²) in [5.74, 6) is 0.0754. The van der Waals surface area contributed by atoms with E-state index >= 15 is 0 Å². The summed E-state index contributed by atoms with van der Waals surface area (Å²) in [5, 5.41) is 0. The van der Waals surface area contributed by atoms with Crippen molar-refractivity contribution in [1.82, 2.24) is 9.47 Å². The van der Waals surface area contributed by atoms with Crippen molar-refractivity contribution in [2.24, 2.45) is 0 Å². The standard InChI is InChI=1S/C24H23F3N2O3/c1-17-12-29-15-23(31-16-19-5-3-2-4-6-19)22(30)11-20(29)14-28(17)13-18-7-9-21(10-8-18)32-24(25,26)27/h2-11,15,17H,12-14,16H2,1H3. The highest BCUT2D eigenvalue weighted by Gasteiger charge is 2.31. The predicted molar refractivity (Wildman–Crippen MR) is 113 cm³/mol. The fourth-order valence-electron chi connectivity index (χ4n) is 3.75. The van der Waals surface area contributed by atoms with Crippen LogP contribution in [0.3, 0.4) is 0 Å². The molecule has 2 aromatic carbocycles. The van der Waals surface area contributed by atoms with Crippen LogP contribution in [0.5, 0.6) is 11.5 Å². The highest BCUT2D eigenvalue weighted by atomic mass is 19.4. The minimum Gasteiger partial charge on any atom is -0.483 e. The average Bonchev–Trinajstić information content (AvgIpc) is 2.74. The maximum Gasteiger partial charge on any atom is 0.573 e. The molecule has 2 heterocycles. The molecule has 0 fully saturated rings. The minimum absolute atomic E-state index is 0.165. The summed E-state index contributed by atoms with van der Waals surface area (Å²) in [5.41, 5.74) is 2.55. The normalized spacial score (nSPS) is 16.4. The van der Waals surface area contributed by atoms with E-state index in [4.69, 9.17) is 4.74 Å². The number of ether oxygens (including phenoxy) is 2. The van der Waals surface area contributed by atoms with Crippen LogP contribution < -0.4 is 14.9 Å². The Bertz CT molecular complexity index is 1110. The summed E-state index contributed by atoms with van der Waals surface area (Å²) >= 11 is 0. The van der Waals surface area contributed by atoms with Gasteiger partial charge in [0, 0.05) is 37.4 Å². The average molecular weight is 444 g/mol. The summed E-state index contributed by atoms with van der Waals surface area (Å²) in [6, 6.07) is 17.3. The van der Waals surface area contributed by atoms with Gasteiger partial charge < -0.3 is 14.0 Å². The molecule has 1 unspecified atom stereocenters. The van der Waals surface area contributed by atoms with Gasteiger partial charge in [-0.25, -0.2) is 0 Å². The van der Waals surface area contributed by atoms with Crippen LogP contribution in [0.2, 0.25) is 0 Å². The molecule has 168 valence electrons. The second kappa shape index (κ2) is 9.08. The zero-order valence-electron chi connectivity index (χ0n) is 17.5. The molecular formula is C24H23F3N2O3. The smallest absolute Gasteiger partial charge is 0.483 e. The molecule has 0 amide bonds. The van der Waals surface area contributed by atoms with Crippen molar-refractivity contribution >= 4 is 0 Å². The number of aromatic nitrogens is 1. The van der Waals surface area contributed by atoms with Gasteiger partial charge in [0.1, 0.15) is 12.4 Å². The topological polar surface area (TPSA) is 43.7 Å². The molecule has 5 nitrogen and oxygen atoms in total. The van der Waals surface area contributed by atoms with E-state index in [-0.39, 0.29) is 17.2 Å². The monoisotopic (exact) mass is 444 g/mol. The first-order chi connectivity index (χ1) is 15.3. The van der Waals surface area contributed by atoms with Gasteiger partial charge in [-0.1, -0.05) is 42.5 Å². The summed E-state index contributed by atoms with van der Waals surface area (Å²) in [6.07, 6.45) is -2.94. The van der Waals surface area contributed by atoms with Gasteiger partial charge in [-0.2, -0.15) is 0 Å². The third-order valence-electron chi connectivity index (χ3n) is 5.41. The lowest BCUT2D eigenvalue weighted by Gasteiger charge is -2.36. The van der Waals surface area contributed by atoms with Crippen molar-refractivity contribution in [3.63, 3.8) is 0 Å². The van der Waals surface area contributed by atoms with Gasteiger partial charge in [0.15, 0.2) is 5.75 Å². The molecule has 0 radical (unpaired) electrons. The molecule has 3 aromatic rings. The van der Waals surface area contributed by atoms with Gasteiger partial charge in [-0.05, 0) is 30.2 Å². The highest BCUT2D eigenvalue weighted by molar-refractivity contribution is 5.28. The third-order valence-corrected chi connectivity index (χ3v) is 5.41. The van der Waals surface area contributed by atoms with E-state index in [1.165, 1.54) is 12.1 Å². The Balaban J connectivity index is 1.43. The Labute approximate surface area is 183 Å². The van der Waals surface area contributed by atoms with E-state index < -0.39 is 6.36 Å². The lowest BCUT2D eigenvalue weighted by Crippen LogP contribution is -2.41. The van der Waals surface area contributed by atoms with E-state index in [0.717, 1.165) is 16.8 Å². The second-order valence-electron chi connectivity index (χ2n) is 7.87. The van der Waals surface area contributed by atoms with Crippen molar-refractivity contribution in [3.8, 4) is 11.5 Å². The predicted octanol–water partition coefficient (Wildman–Crippen LogP) is 4.73. The molecule has 0 saturated heterocycles. The molecule has 1 aliphatic heterocycles. The highest BCUT2D eigenvalue weighted by Crippen LogP contribution is 2.25. The van der Waals surface area contributed by atoms with Crippen molar-refractivity contribution < 1.29 is 22.6 Å². The first-order valence-corrected chi connectivity index (χ1v) is 10.3. The summed E-state index contributed by atoms with van der Waals surface area (Å²) < 4.78 is 48.7. The van der Waals surface area contributed by atoms with E-state index in [1.54, 1.807) is 24.4 Å². The van der Waals surface area contributed by atoms with Crippen LogP contribution in [0.4, 0.5) is 13.2 Å². The Hall–Kier alpha value is -3.26. The maximum absolute atomic E-state index is 12.5. The fourth-order valence-corrected chi connectivity index (χ4v) is 3.75. The quantitative estimate of drug-likeness (QED) is 0.552. The third kappa shape index (κ3) is 5.50. The molecule has 0 bridgehead atoms. The van der Waals surface area contributed by atoms with Gasteiger partial charge in [-0.15, -0.1) is 13.2 Å². The number of halogens is 3. The zero-order chi connectivity index (χ0) is 22.7. The van der Waals surface area contributed by atoms with Gasteiger partial charge in [-0.3, -0.25) is 9.69 Å². The van der Waals surface area contributed by atoms with E-state index in [9.17, 15) is 18.0 Å². The van der Waals surface area contributed by atoms with Crippen LogP contribution >= 0.6 is 0 Å². The molecule has 0 saturated carbocycles. The van der Waals surface area contributed by atoms with Gasteiger partial charge in [0.05, 0.1) is 6.20 Å². The van der Waals surface area contributed by atoms with Crippen molar-refractivity contribution in [1.29, 1.82) is 0 Å². The molecule has 0 spiro atoms. The van der Waals surface area contributed by atoms with Crippen LogP contribution in [0.25, 0.3) is 0 Å². The SMILES string of the molecule is CC1Cn2cc(OCc3ccccc3)c(=O)cc2CN1Cc1ccc(OC(F)(F)F)cc1. The molecule has 32 heavy (non-hydrogen) atoms. The number of benzene rings is 2. The molecule has 0 aliphatic carbocycles. The Morgan fingerprint density at radius 3 is 2.44 bits per heavy atom. The maximum atomic E-state index is 12.5. The number of hydrogen-bond acceptors (Lipinski definition) is 4. The van der Waals surface area contributed by atoms with Crippen LogP contribution in [0.15, 0.2) is 71.7 Å². The van der Waals surface area contributed by atoms with Gasteiger partial charge >= 0.3 is 6.36 Å². The van der Waals surface area contributed by atoms with Crippen LogP contribution in [0, 0.1) is 0 Å². The van der Waals surface area contributed by atoms with E-state index in [0.29, 0.717) is 32.0 Å². The summed E-state index contributed by atoms with van der Waals surface area (Å²) in [6.45, 7) is 4.18.